The van der Waals surface area contributed by atoms with Gasteiger partial charge in [-0.1, -0.05) is 32.3 Å². The van der Waals surface area contributed by atoms with Crippen LogP contribution in [0.1, 0.15) is 49.8 Å². The van der Waals surface area contributed by atoms with E-state index in [1.807, 2.05) is 13.0 Å². The van der Waals surface area contributed by atoms with Gasteiger partial charge in [-0.2, -0.15) is 0 Å². The highest BCUT2D eigenvalue weighted by atomic mass is 35.5. The molecule has 0 saturated carbocycles. The lowest BCUT2D eigenvalue weighted by molar-refractivity contribution is 0.162. The molecule has 22 heavy (non-hydrogen) atoms. The minimum Gasteiger partial charge on any atom is -0.314 e. The molecule has 1 aliphatic heterocycles. The number of halogens is 3. The van der Waals surface area contributed by atoms with Crippen LogP contribution in [0.5, 0.6) is 0 Å². The van der Waals surface area contributed by atoms with Crippen molar-refractivity contribution in [3.63, 3.8) is 0 Å². The highest BCUT2D eigenvalue weighted by molar-refractivity contribution is 5.85. The highest BCUT2D eigenvalue weighted by Crippen LogP contribution is 2.29. The number of hydrogen-bond acceptors (Lipinski definition) is 2. The number of unbranched alkanes of at least 4 members (excludes halogenated alkanes) is 2. The molecule has 0 bridgehead atoms. The molecule has 1 aromatic rings. The minimum absolute atomic E-state index is 0. The molecule has 0 spiro atoms. The maximum absolute atomic E-state index is 13.3. The molecule has 2 nitrogen and oxygen atoms in total. The third-order valence-corrected chi connectivity index (χ3v) is 4.26. The number of nitrogens with zero attached hydrogens (tertiary/aromatic N) is 1. The molecule has 5 heteroatoms. The van der Waals surface area contributed by atoms with E-state index in [9.17, 15) is 4.39 Å². The normalized spacial score (nSPS) is 16.5. The quantitative estimate of drug-likeness (QED) is 0.759. The van der Waals surface area contributed by atoms with Gasteiger partial charge in [0.15, 0.2) is 0 Å². The number of benzene rings is 1. The average Bonchev–Trinajstić information content (AvgIpc) is 2.46. The molecular formula is C17H29Cl2FN2. The van der Waals surface area contributed by atoms with Gasteiger partial charge in [0.05, 0.1) is 0 Å². The predicted molar refractivity (Wildman–Crippen MR) is 97.0 cm³/mol. The van der Waals surface area contributed by atoms with E-state index in [1.54, 1.807) is 12.1 Å². The van der Waals surface area contributed by atoms with Gasteiger partial charge >= 0.3 is 0 Å². The zero-order valence-electron chi connectivity index (χ0n) is 13.6. The first-order chi connectivity index (χ1) is 9.72. The molecule has 0 unspecified atom stereocenters. The fourth-order valence-electron chi connectivity index (χ4n) is 3.13. The summed E-state index contributed by atoms with van der Waals surface area (Å²) in [5.74, 6) is -0.126. The second-order valence-electron chi connectivity index (χ2n) is 5.80. The second-order valence-corrected chi connectivity index (χ2v) is 5.80. The molecule has 0 aromatic heterocycles. The van der Waals surface area contributed by atoms with Crippen molar-refractivity contribution in [3.8, 4) is 0 Å². The van der Waals surface area contributed by atoms with Crippen LogP contribution in [0.2, 0.25) is 0 Å². The predicted octanol–water partition coefficient (Wildman–Crippen LogP) is 4.50. The Hall–Kier alpha value is -0.350. The van der Waals surface area contributed by atoms with Crippen molar-refractivity contribution in [3.05, 3.63) is 35.1 Å². The van der Waals surface area contributed by atoms with Crippen molar-refractivity contribution >= 4 is 24.8 Å². The first kappa shape index (κ1) is 21.6. The number of nitrogens with one attached hydrogen (secondary N) is 1. The van der Waals surface area contributed by atoms with Crippen molar-refractivity contribution in [2.24, 2.45) is 0 Å². The monoisotopic (exact) mass is 350 g/mol. The third kappa shape index (κ3) is 6.04. The molecule has 2 rings (SSSR count). The van der Waals surface area contributed by atoms with Gasteiger partial charge in [-0.05, 0) is 36.6 Å². The van der Waals surface area contributed by atoms with Crippen molar-refractivity contribution in [2.45, 2.75) is 45.6 Å². The molecule has 1 aliphatic rings. The van der Waals surface area contributed by atoms with Crippen LogP contribution in [0.25, 0.3) is 0 Å². The van der Waals surface area contributed by atoms with Crippen molar-refractivity contribution in [1.29, 1.82) is 0 Å². The average molecular weight is 351 g/mol. The Morgan fingerprint density at radius 2 is 1.86 bits per heavy atom. The van der Waals surface area contributed by atoms with E-state index >= 15 is 0 Å². The Bertz CT molecular complexity index is 423. The van der Waals surface area contributed by atoms with Gasteiger partial charge in [0, 0.05) is 32.2 Å². The van der Waals surface area contributed by atoms with E-state index in [2.05, 4.69) is 17.1 Å². The van der Waals surface area contributed by atoms with Crippen molar-refractivity contribution in [1.82, 2.24) is 10.2 Å². The molecule has 1 atom stereocenters. The van der Waals surface area contributed by atoms with Crippen LogP contribution in [0.15, 0.2) is 18.2 Å². The summed E-state index contributed by atoms with van der Waals surface area (Å²) in [7, 11) is 0. The zero-order chi connectivity index (χ0) is 14.4. The smallest absolute Gasteiger partial charge is 0.123 e. The standard InChI is InChI=1S/C17H27FN2.2ClH/c1-3-4-5-6-17(20-11-9-19-10-12-20)16-8-7-15(18)13-14(16)2;;/h7-8,13,17,19H,3-6,9-12H2,1-2H3;2*1H/t17-;;/m0../s1. The maximum Gasteiger partial charge on any atom is 0.123 e. The van der Waals surface area contributed by atoms with Crippen LogP contribution >= 0.6 is 24.8 Å². The number of rotatable bonds is 6. The Labute approximate surface area is 146 Å². The molecule has 0 radical (unpaired) electrons. The lowest BCUT2D eigenvalue weighted by Gasteiger charge is -2.36. The Balaban J connectivity index is 0.00000220. The molecule has 1 saturated heterocycles. The van der Waals surface area contributed by atoms with Gasteiger partial charge in [0.1, 0.15) is 5.82 Å². The van der Waals surface area contributed by atoms with Gasteiger partial charge in [-0.25, -0.2) is 4.39 Å². The lowest BCUT2D eigenvalue weighted by atomic mass is 9.94. The van der Waals surface area contributed by atoms with Crippen LogP contribution in [-0.2, 0) is 0 Å². The van der Waals surface area contributed by atoms with Crippen LogP contribution in [0.3, 0.4) is 0 Å². The minimum atomic E-state index is -0.126. The van der Waals surface area contributed by atoms with Gasteiger partial charge in [0.2, 0.25) is 0 Å². The highest BCUT2D eigenvalue weighted by Gasteiger charge is 2.23. The van der Waals surface area contributed by atoms with Crippen molar-refractivity contribution < 1.29 is 4.39 Å². The summed E-state index contributed by atoms with van der Waals surface area (Å²) in [4.78, 5) is 2.56. The van der Waals surface area contributed by atoms with Gasteiger partial charge < -0.3 is 5.32 Å². The van der Waals surface area contributed by atoms with E-state index in [-0.39, 0.29) is 30.6 Å². The van der Waals surface area contributed by atoms with Gasteiger partial charge in [-0.15, -0.1) is 24.8 Å². The van der Waals surface area contributed by atoms with E-state index in [4.69, 9.17) is 0 Å². The summed E-state index contributed by atoms with van der Waals surface area (Å²) in [6.45, 7) is 8.58. The summed E-state index contributed by atoms with van der Waals surface area (Å²) in [6.07, 6.45) is 4.96. The van der Waals surface area contributed by atoms with Crippen LogP contribution in [0.4, 0.5) is 4.39 Å². The summed E-state index contributed by atoms with van der Waals surface area (Å²) in [5.41, 5.74) is 2.40. The van der Waals surface area contributed by atoms with E-state index in [0.717, 1.165) is 31.7 Å². The molecule has 1 heterocycles. The lowest BCUT2D eigenvalue weighted by Crippen LogP contribution is -2.45. The Morgan fingerprint density at radius 3 is 2.45 bits per heavy atom. The molecule has 128 valence electrons. The zero-order valence-corrected chi connectivity index (χ0v) is 15.2. The first-order valence-corrected chi connectivity index (χ1v) is 7.93. The number of hydrogen-bond donors (Lipinski definition) is 1. The van der Waals surface area contributed by atoms with Crippen LogP contribution in [-0.4, -0.2) is 31.1 Å². The Morgan fingerprint density at radius 1 is 1.18 bits per heavy atom. The molecule has 0 aliphatic carbocycles. The fourth-order valence-corrected chi connectivity index (χ4v) is 3.13. The molecule has 1 fully saturated rings. The Kier molecular flexibility index (Phi) is 11.0. The molecular weight excluding hydrogens is 322 g/mol. The summed E-state index contributed by atoms with van der Waals surface area (Å²) in [5, 5.41) is 3.41. The molecule has 0 amide bonds. The van der Waals surface area contributed by atoms with E-state index in [0.29, 0.717) is 6.04 Å². The largest absolute Gasteiger partial charge is 0.314 e. The SMILES string of the molecule is CCCCC[C@@H](c1ccc(F)cc1C)N1CCNCC1.Cl.Cl. The summed E-state index contributed by atoms with van der Waals surface area (Å²) >= 11 is 0. The van der Waals surface area contributed by atoms with E-state index in [1.165, 1.54) is 31.2 Å². The van der Waals surface area contributed by atoms with Gasteiger partial charge in [-0.3, -0.25) is 4.90 Å². The van der Waals surface area contributed by atoms with E-state index < -0.39 is 0 Å². The van der Waals surface area contributed by atoms with Crippen LogP contribution in [0, 0.1) is 12.7 Å². The number of piperazine rings is 1. The summed E-state index contributed by atoms with van der Waals surface area (Å²) < 4.78 is 13.3. The maximum atomic E-state index is 13.3. The topological polar surface area (TPSA) is 15.3 Å². The molecule has 1 N–H and O–H groups in total. The third-order valence-electron chi connectivity index (χ3n) is 4.26. The number of aryl methyl sites for hydroxylation is 1. The second kappa shape index (κ2) is 11.2. The van der Waals surface area contributed by atoms with Crippen LogP contribution < -0.4 is 5.32 Å². The van der Waals surface area contributed by atoms with Crippen molar-refractivity contribution in [2.75, 3.05) is 26.2 Å². The fraction of sp³-hybridized carbons (Fsp3) is 0.647. The first-order valence-electron chi connectivity index (χ1n) is 7.93. The summed E-state index contributed by atoms with van der Waals surface area (Å²) in [6, 6.07) is 5.72. The van der Waals surface area contributed by atoms with Gasteiger partial charge in [0.25, 0.3) is 0 Å². The molecule has 1 aromatic carbocycles.